The number of aliphatic carboxylic acids is 1. The third-order valence-electron chi connectivity index (χ3n) is 6.38. The number of carboxylic acid groups (broad SMARTS) is 1. The molecule has 3 aliphatic rings. The Hall–Kier alpha value is -1.15. The van der Waals surface area contributed by atoms with Gasteiger partial charge in [-0.05, 0) is 43.9 Å². The number of unbranched alkanes of at least 4 members (excludes halogenated alkanes) is 1. The molecule has 8 heteroatoms. The van der Waals surface area contributed by atoms with Crippen molar-refractivity contribution in [3.8, 4) is 0 Å². The molecular formula is C18H30N2O5S. The summed E-state index contributed by atoms with van der Waals surface area (Å²) in [5.74, 6) is -0.669. The van der Waals surface area contributed by atoms with Crippen LogP contribution in [-0.4, -0.2) is 66.0 Å². The van der Waals surface area contributed by atoms with E-state index in [-0.39, 0.29) is 23.5 Å². The fourth-order valence-electron chi connectivity index (χ4n) is 4.92. The number of carbonyl (C=O) groups is 2. The monoisotopic (exact) mass is 386 g/mol. The number of carboxylic acids is 1. The highest BCUT2D eigenvalue weighted by atomic mass is 32.2. The molecule has 0 aromatic heterocycles. The number of fused-ring (bicyclic) bond motifs is 1. The highest BCUT2D eigenvalue weighted by Gasteiger charge is 2.50. The van der Waals surface area contributed by atoms with Crippen molar-refractivity contribution in [3.63, 3.8) is 0 Å². The van der Waals surface area contributed by atoms with E-state index in [4.69, 9.17) is 0 Å². The van der Waals surface area contributed by atoms with Crippen molar-refractivity contribution in [2.45, 2.75) is 57.9 Å². The number of hydrogen-bond acceptors (Lipinski definition) is 4. The third-order valence-corrected chi connectivity index (χ3v) is 8.34. The van der Waals surface area contributed by atoms with E-state index in [0.29, 0.717) is 44.8 Å². The molecule has 0 spiro atoms. The van der Waals surface area contributed by atoms with Crippen LogP contribution in [0.4, 0.5) is 0 Å². The summed E-state index contributed by atoms with van der Waals surface area (Å²) >= 11 is 0. The summed E-state index contributed by atoms with van der Waals surface area (Å²) in [5, 5.41) is 9.63. The summed E-state index contributed by atoms with van der Waals surface area (Å²) in [5.41, 5.74) is 0. The van der Waals surface area contributed by atoms with E-state index in [1.165, 1.54) is 4.31 Å². The molecule has 0 aromatic rings. The number of rotatable bonds is 6. The number of piperidine rings is 1. The quantitative estimate of drug-likeness (QED) is 0.747. The molecular weight excluding hydrogens is 356 g/mol. The van der Waals surface area contributed by atoms with Crippen molar-refractivity contribution < 1.29 is 23.1 Å². The van der Waals surface area contributed by atoms with Crippen molar-refractivity contribution >= 4 is 21.9 Å². The number of sulfonamides is 1. The lowest BCUT2D eigenvalue weighted by molar-refractivity contribution is -0.151. The number of amides is 1. The molecule has 0 radical (unpaired) electrons. The average Bonchev–Trinajstić information content (AvgIpc) is 3.20. The first-order chi connectivity index (χ1) is 12.3. The molecule has 3 atom stereocenters. The topological polar surface area (TPSA) is 95.0 Å². The predicted molar refractivity (Wildman–Crippen MR) is 97.0 cm³/mol. The fraction of sp³-hybridized carbons (Fsp3) is 0.889. The van der Waals surface area contributed by atoms with Gasteiger partial charge in [-0.15, -0.1) is 0 Å². The van der Waals surface area contributed by atoms with Crippen LogP contribution in [0.5, 0.6) is 0 Å². The lowest BCUT2D eigenvalue weighted by Crippen LogP contribution is -2.49. The maximum atomic E-state index is 13.0. The van der Waals surface area contributed by atoms with Gasteiger partial charge in [0.15, 0.2) is 0 Å². The van der Waals surface area contributed by atoms with Crippen LogP contribution in [0, 0.1) is 17.8 Å². The lowest BCUT2D eigenvalue weighted by Gasteiger charge is -2.34. The van der Waals surface area contributed by atoms with Crippen LogP contribution in [0.25, 0.3) is 0 Å². The van der Waals surface area contributed by atoms with Crippen LogP contribution in [-0.2, 0) is 19.6 Å². The molecule has 0 aromatic carbocycles. The summed E-state index contributed by atoms with van der Waals surface area (Å²) in [6.45, 7) is 3.24. The van der Waals surface area contributed by atoms with Crippen LogP contribution in [0.1, 0.15) is 51.9 Å². The SMILES string of the molecule is CCCCS(=O)(=O)N1CCC(C(=O)N2CC3CCCC3C2C(=O)O)CC1. The van der Waals surface area contributed by atoms with Crippen molar-refractivity contribution in [2.24, 2.45) is 17.8 Å². The zero-order valence-corrected chi connectivity index (χ0v) is 16.3. The van der Waals surface area contributed by atoms with E-state index >= 15 is 0 Å². The zero-order chi connectivity index (χ0) is 18.9. The minimum Gasteiger partial charge on any atom is -0.480 e. The van der Waals surface area contributed by atoms with Gasteiger partial charge in [0.05, 0.1) is 5.75 Å². The Morgan fingerprint density at radius 1 is 1.12 bits per heavy atom. The number of hydrogen-bond donors (Lipinski definition) is 1. The molecule has 3 rings (SSSR count). The second-order valence-corrected chi connectivity index (χ2v) is 10.1. The highest BCUT2D eigenvalue weighted by Crippen LogP contribution is 2.43. The van der Waals surface area contributed by atoms with Crippen LogP contribution in [0.2, 0.25) is 0 Å². The Morgan fingerprint density at radius 3 is 2.42 bits per heavy atom. The Bertz CT molecular complexity index is 642. The minimum absolute atomic E-state index is 0.0857. The normalized spacial score (nSPS) is 30.5. The first-order valence-corrected chi connectivity index (χ1v) is 11.5. The molecule has 7 nitrogen and oxygen atoms in total. The van der Waals surface area contributed by atoms with Crippen LogP contribution in [0.3, 0.4) is 0 Å². The third kappa shape index (κ3) is 3.76. The molecule has 3 fully saturated rings. The van der Waals surface area contributed by atoms with Gasteiger partial charge in [-0.3, -0.25) is 4.79 Å². The molecule has 2 saturated heterocycles. The summed E-state index contributed by atoms with van der Waals surface area (Å²) in [6, 6.07) is -0.693. The van der Waals surface area contributed by atoms with Gasteiger partial charge < -0.3 is 10.0 Å². The van der Waals surface area contributed by atoms with Gasteiger partial charge in [0, 0.05) is 25.6 Å². The molecule has 148 valence electrons. The van der Waals surface area contributed by atoms with E-state index in [1.54, 1.807) is 4.90 Å². The van der Waals surface area contributed by atoms with E-state index in [2.05, 4.69) is 0 Å². The Kier molecular flexibility index (Phi) is 5.91. The number of carbonyl (C=O) groups excluding carboxylic acids is 1. The predicted octanol–water partition coefficient (Wildman–Crippen LogP) is 1.54. The van der Waals surface area contributed by atoms with Gasteiger partial charge in [0.25, 0.3) is 0 Å². The van der Waals surface area contributed by atoms with E-state index in [9.17, 15) is 23.1 Å². The lowest BCUT2D eigenvalue weighted by atomic mass is 9.93. The van der Waals surface area contributed by atoms with E-state index in [1.807, 2.05) is 6.92 Å². The largest absolute Gasteiger partial charge is 0.480 e. The first kappa shape index (κ1) is 19.6. The van der Waals surface area contributed by atoms with Crippen molar-refractivity contribution in [1.82, 2.24) is 9.21 Å². The molecule has 2 aliphatic heterocycles. The molecule has 2 heterocycles. The molecule has 1 saturated carbocycles. The fourth-order valence-corrected chi connectivity index (χ4v) is 6.60. The highest BCUT2D eigenvalue weighted by molar-refractivity contribution is 7.89. The maximum absolute atomic E-state index is 13.0. The minimum atomic E-state index is -3.24. The molecule has 1 aliphatic carbocycles. The van der Waals surface area contributed by atoms with Crippen LogP contribution >= 0.6 is 0 Å². The average molecular weight is 387 g/mol. The van der Waals surface area contributed by atoms with Crippen LogP contribution < -0.4 is 0 Å². The van der Waals surface area contributed by atoms with Gasteiger partial charge in [-0.25, -0.2) is 17.5 Å². The molecule has 3 unspecified atom stereocenters. The molecule has 0 bridgehead atoms. The smallest absolute Gasteiger partial charge is 0.326 e. The Morgan fingerprint density at radius 2 is 1.81 bits per heavy atom. The molecule has 1 N–H and O–H groups in total. The van der Waals surface area contributed by atoms with Gasteiger partial charge in [-0.2, -0.15) is 0 Å². The summed E-state index contributed by atoms with van der Waals surface area (Å²) in [7, 11) is -3.24. The number of nitrogens with zero attached hydrogens (tertiary/aromatic N) is 2. The van der Waals surface area contributed by atoms with Crippen LogP contribution in [0.15, 0.2) is 0 Å². The Labute approximate surface area is 155 Å². The van der Waals surface area contributed by atoms with Crippen molar-refractivity contribution in [2.75, 3.05) is 25.4 Å². The van der Waals surface area contributed by atoms with Crippen molar-refractivity contribution in [3.05, 3.63) is 0 Å². The Balaban J connectivity index is 1.61. The first-order valence-electron chi connectivity index (χ1n) is 9.86. The zero-order valence-electron chi connectivity index (χ0n) is 15.5. The maximum Gasteiger partial charge on any atom is 0.326 e. The van der Waals surface area contributed by atoms with Gasteiger partial charge in [0.2, 0.25) is 15.9 Å². The molecule has 26 heavy (non-hydrogen) atoms. The van der Waals surface area contributed by atoms with Gasteiger partial charge >= 0.3 is 5.97 Å². The van der Waals surface area contributed by atoms with Crippen molar-refractivity contribution in [1.29, 1.82) is 0 Å². The summed E-state index contributed by atoms with van der Waals surface area (Å²) < 4.78 is 26.1. The van der Waals surface area contributed by atoms with Gasteiger partial charge in [0.1, 0.15) is 6.04 Å². The summed E-state index contributed by atoms with van der Waals surface area (Å²) in [6.07, 6.45) is 5.41. The number of likely N-dealkylation sites (tertiary alicyclic amines) is 1. The van der Waals surface area contributed by atoms with E-state index < -0.39 is 22.0 Å². The molecule has 1 amide bonds. The second kappa shape index (κ2) is 7.84. The van der Waals surface area contributed by atoms with Gasteiger partial charge in [-0.1, -0.05) is 19.8 Å². The second-order valence-electron chi connectivity index (χ2n) is 7.97. The standard InChI is InChI=1S/C18H30N2O5S/c1-2-3-11-26(24,25)19-9-7-13(8-10-19)17(21)20-12-14-5-4-6-15(14)16(20)18(22)23/h13-16H,2-12H2,1H3,(H,22,23). The van der Waals surface area contributed by atoms with E-state index in [0.717, 1.165) is 25.7 Å². The summed E-state index contributed by atoms with van der Waals surface area (Å²) in [4.78, 5) is 26.3.